The van der Waals surface area contributed by atoms with Crippen LogP contribution >= 0.6 is 0 Å². The molecule has 0 aliphatic carbocycles. The van der Waals surface area contributed by atoms with Crippen LogP contribution in [0.1, 0.15) is 26.7 Å². The fourth-order valence-corrected chi connectivity index (χ4v) is 3.40. The van der Waals surface area contributed by atoms with E-state index >= 15 is 0 Å². The van der Waals surface area contributed by atoms with Gasteiger partial charge in [0.25, 0.3) is 0 Å². The van der Waals surface area contributed by atoms with Crippen molar-refractivity contribution in [2.75, 3.05) is 13.1 Å². The number of piperidine rings is 1. The normalized spacial score (nSPS) is 21.5. The van der Waals surface area contributed by atoms with Gasteiger partial charge < -0.3 is 4.74 Å². The molecule has 0 spiro atoms. The van der Waals surface area contributed by atoms with Crippen LogP contribution < -0.4 is 4.74 Å². The van der Waals surface area contributed by atoms with E-state index in [0.29, 0.717) is 19.0 Å². The molecule has 106 valence electrons. The third-order valence-corrected chi connectivity index (χ3v) is 5.37. The first-order chi connectivity index (χ1) is 9.00. The Labute approximate surface area is 113 Å². The summed E-state index contributed by atoms with van der Waals surface area (Å²) in [5.41, 5.74) is 0. The van der Waals surface area contributed by atoms with Crippen molar-refractivity contribution in [3.05, 3.63) is 18.6 Å². The number of sulfonamides is 1. The number of hydrogen-bond acceptors (Lipinski definition) is 5. The predicted octanol–water partition coefficient (Wildman–Crippen LogP) is 1.06. The van der Waals surface area contributed by atoms with E-state index < -0.39 is 15.3 Å². The summed E-state index contributed by atoms with van der Waals surface area (Å²) in [7, 11) is -3.21. The molecular formula is C12H19N3O3S. The van der Waals surface area contributed by atoms with Gasteiger partial charge in [-0.3, -0.25) is 4.98 Å². The summed E-state index contributed by atoms with van der Waals surface area (Å²) in [6.45, 7) is 4.35. The van der Waals surface area contributed by atoms with Crippen molar-refractivity contribution in [1.29, 1.82) is 0 Å². The number of hydrogen-bond donors (Lipinski definition) is 0. The number of aromatic nitrogens is 2. The van der Waals surface area contributed by atoms with Crippen LogP contribution in [0.15, 0.2) is 18.6 Å². The Morgan fingerprint density at radius 2 is 2.21 bits per heavy atom. The lowest BCUT2D eigenvalue weighted by atomic mass is 10.1. The lowest BCUT2D eigenvalue weighted by molar-refractivity contribution is 0.124. The highest BCUT2D eigenvalue weighted by Gasteiger charge is 2.31. The van der Waals surface area contributed by atoms with Gasteiger partial charge in [0, 0.05) is 18.9 Å². The van der Waals surface area contributed by atoms with Gasteiger partial charge >= 0.3 is 0 Å². The van der Waals surface area contributed by atoms with E-state index in [0.717, 1.165) is 12.8 Å². The van der Waals surface area contributed by atoms with Crippen LogP contribution in [0.2, 0.25) is 0 Å². The van der Waals surface area contributed by atoms with Gasteiger partial charge in [-0.1, -0.05) is 0 Å². The molecule has 0 bridgehead atoms. The second-order valence-electron chi connectivity index (χ2n) is 4.88. The van der Waals surface area contributed by atoms with E-state index in [2.05, 4.69) is 9.97 Å². The molecule has 0 radical (unpaired) electrons. The highest BCUT2D eigenvalue weighted by molar-refractivity contribution is 7.89. The first kappa shape index (κ1) is 14.2. The Hall–Kier alpha value is -1.21. The van der Waals surface area contributed by atoms with E-state index in [1.807, 2.05) is 0 Å². The fourth-order valence-electron chi connectivity index (χ4n) is 2.05. The van der Waals surface area contributed by atoms with Gasteiger partial charge in [-0.15, -0.1) is 0 Å². The van der Waals surface area contributed by atoms with Gasteiger partial charge in [0.2, 0.25) is 15.9 Å². The summed E-state index contributed by atoms with van der Waals surface area (Å²) in [4.78, 5) is 7.97. The molecule has 1 aromatic heterocycles. The zero-order valence-electron chi connectivity index (χ0n) is 11.2. The Bertz CT molecular complexity index is 504. The summed E-state index contributed by atoms with van der Waals surface area (Å²) in [5, 5.41) is -0.400. The van der Waals surface area contributed by atoms with Crippen LogP contribution in [-0.2, 0) is 10.0 Å². The first-order valence-corrected chi connectivity index (χ1v) is 7.92. The van der Waals surface area contributed by atoms with E-state index in [-0.39, 0.29) is 6.10 Å². The third kappa shape index (κ3) is 3.42. The van der Waals surface area contributed by atoms with Crippen molar-refractivity contribution in [2.45, 2.75) is 38.0 Å². The molecule has 1 aliphatic rings. The average molecular weight is 285 g/mol. The molecule has 1 aromatic rings. The summed E-state index contributed by atoms with van der Waals surface area (Å²) in [5.74, 6) is 0.441. The zero-order chi connectivity index (χ0) is 13.9. The van der Waals surface area contributed by atoms with E-state index in [1.165, 1.54) is 10.5 Å². The quantitative estimate of drug-likeness (QED) is 0.827. The van der Waals surface area contributed by atoms with E-state index in [1.54, 1.807) is 26.2 Å². The van der Waals surface area contributed by atoms with Crippen molar-refractivity contribution < 1.29 is 13.2 Å². The van der Waals surface area contributed by atoms with Crippen molar-refractivity contribution in [3.8, 4) is 5.88 Å². The average Bonchev–Trinajstić information content (AvgIpc) is 2.40. The topological polar surface area (TPSA) is 72.4 Å². The Kier molecular flexibility index (Phi) is 4.36. The molecule has 1 aliphatic heterocycles. The van der Waals surface area contributed by atoms with Gasteiger partial charge in [-0.05, 0) is 26.7 Å². The molecule has 19 heavy (non-hydrogen) atoms. The SMILES string of the molecule is CC(C)S(=O)(=O)N1CCCC(Oc2cnccn2)C1. The smallest absolute Gasteiger partial charge is 0.232 e. The molecule has 2 heterocycles. The standard InChI is InChI=1S/C12H19N3O3S/c1-10(2)19(16,17)15-7-3-4-11(9-15)18-12-8-13-5-6-14-12/h5-6,8,10-11H,3-4,7,9H2,1-2H3. The van der Waals surface area contributed by atoms with Gasteiger partial charge in [0.15, 0.2) is 0 Å². The first-order valence-electron chi connectivity index (χ1n) is 6.42. The molecular weight excluding hydrogens is 266 g/mol. The molecule has 0 aromatic carbocycles. The Morgan fingerprint density at radius 1 is 1.42 bits per heavy atom. The van der Waals surface area contributed by atoms with Crippen molar-refractivity contribution in [1.82, 2.24) is 14.3 Å². The molecule has 0 saturated carbocycles. The van der Waals surface area contributed by atoms with Gasteiger partial charge in [-0.2, -0.15) is 4.31 Å². The summed E-state index contributed by atoms with van der Waals surface area (Å²) in [6, 6.07) is 0. The van der Waals surface area contributed by atoms with Crippen molar-refractivity contribution in [3.63, 3.8) is 0 Å². The Balaban J connectivity index is 2.02. The monoisotopic (exact) mass is 285 g/mol. The maximum Gasteiger partial charge on any atom is 0.232 e. The molecule has 1 saturated heterocycles. The van der Waals surface area contributed by atoms with Crippen molar-refractivity contribution in [2.24, 2.45) is 0 Å². The Morgan fingerprint density at radius 3 is 2.84 bits per heavy atom. The maximum absolute atomic E-state index is 12.1. The molecule has 0 N–H and O–H groups in total. The molecule has 1 atom stereocenters. The highest BCUT2D eigenvalue weighted by Crippen LogP contribution is 2.20. The lowest BCUT2D eigenvalue weighted by Crippen LogP contribution is -2.46. The van der Waals surface area contributed by atoms with Crippen LogP contribution in [0.5, 0.6) is 5.88 Å². The number of nitrogens with zero attached hydrogens (tertiary/aromatic N) is 3. The third-order valence-electron chi connectivity index (χ3n) is 3.12. The zero-order valence-corrected chi connectivity index (χ0v) is 12.0. The van der Waals surface area contributed by atoms with E-state index in [4.69, 9.17) is 4.74 Å². The largest absolute Gasteiger partial charge is 0.472 e. The second-order valence-corrected chi connectivity index (χ2v) is 7.37. The van der Waals surface area contributed by atoms with Crippen LogP contribution in [0.4, 0.5) is 0 Å². The molecule has 6 nitrogen and oxygen atoms in total. The van der Waals surface area contributed by atoms with Gasteiger partial charge in [0.1, 0.15) is 6.10 Å². The minimum Gasteiger partial charge on any atom is -0.472 e. The maximum atomic E-state index is 12.1. The number of rotatable bonds is 4. The summed E-state index contributed by atoms with van der Waals surface area (Å²) < 4.78 is 31.4. The van der Waals surface area contributed by atoms with Gasteiger partial charge in [-0.25, -0.2) is 13.4 Å². The fraction of sp³-hybridized carbons (Fsp3) is 0.667. The summed E-state index contributed by atoms with van der Waals surface area (Å²) >= 11 is 0. The minimum atomic E-state index is -3.21. The second kappa shape index (κ2) is 5.83. The number of ether oxygens (including phenoxy) is 1. The molecule has 7 heteroatoms. The van der Waals surface area contributed by atoms with Crippen molar-refractivity contribution >= 4 is 10.0 Å². The highest BCUT2D eigenvalue weighted by atomic mass is 32.2. The van der Waals surface area contributed by atoms with E-state index in [9.17, 15) is 8.42 Å². The molecule has 1 fully saturated rings. The van der Waals surface area contributed by atoms with Crippen LogP contribution in [0.25, 0.3) is 0 Å². The van der Waals surface area contributed by atoms with Crippen LogP contribution in [0.3, 0.4) is 0 Å². The minimum absolute atomic E-state index is 0.154. The van der Waals surface area contributed by atoms with Gasteiger partial charge in [0.05, 0.1) is 18.0 Å². The molecule has 0 amide bonds. The van der Waals surface area contributed by atoms with Crippen LogP contribution in [-0.4, -0.2) is 47.1 Å². The predicted molar refractivity (Wildman–Crippen MR) is 71.3 cm³/mol. The molecule has 2 rings (SSSR count). The van der Waals surface area contributed by atoms with Crippen LogP contribution in [0, 0.1) is 0 Å². The summed E-state index contributed by atoms with van der Waals surface area (Å²) in [6.07, 6.45) is 6.15. The molecule has 1 unspecified atom stereocenters. The lowest BCUT2D eigenvalue weighted by Gasteiger charge is -2.32.